The molecule has 0 unspecified atom stereocenters. The summed E-state index contributed by atoms with van der Waals surface area (Å²) in [6, 6.07) is 11.5. The van der Waals surface area contributed by atoms with Crippen molar-refractivity contribution in [3.05, 3.63) is 52.0 Å². The summed E-state index contributed by atoms with van der Waals surface area (Å²) in [7, 11) is 3.16. The standard InChI is InChI=1S/C19H22BrNO3/c1-12(2)13-6-5-7-15(8-13)21-19(22)10-14-9-17(23-3)18(24-4)11-16(14)20/h5-9,11-12H,10H2,1-4H3,(H,21,22). The molecule has 0 saturated carbocycles. The predicted octanol–water partition coefficient (Wildman–Crippen LogP) is 4.77. The zero-order valence-corrected chi connectivity index (χ0v) is 15.9. The Hall–Kier alpha value is -2.01. The molecule has 128 valence electrons. The lowest BCUT2D eigenvalue weighted by atomic mass is 10.0. The molecule has 0 spiro atoms. The van der Waals surface area contributed by atoms with Gasteiger partial charge >= 0.3 is 0 Å². The molecule has 2 rings (SSSR count). The van der Waals surface area contributed by atoms with E-state index in [4.69, 9.17) is 9.47 Å². The Bertz CT molecular complexity index is 729. The van der Waals surface area contributed by atoms with Gasteiger partial charge in [-0.05, 0) is 41.3 Å². The molecule has 1 amide bonds. The SMILES string of the molecule is COc1cc(Br)c(CC(=O)Nc2cccc(C(C)C)c2)cc1OC. The van der Waals surface area contributed by atoms with Crippen LogP contribution in [0.3, 0.4) is 0 Å². The summed E-state index contributed by atoms with van der Waals surface area (Å²) in [6.07, 6.45) is 0.243. The van der Waals surface area contributed by atoms with E-state index in [1.165, 1.54) is 5.56 Å². The summed E-state index contributed by atoms with van der Waals surface area (Å²) >= 11 is 3.48. The van der Waals surface area contributed by atoms with Gasteiger partial charge in [-0.25, -0.2) is 0 Å². The lowest BCUT2D eigenvalue weighted by Gasteiger charge is -2.13. The van der Waals surface area contributed by atoms with Gasteiger partial charge in [0.25, 0.3) is 0 Å². The highest BCUT2D eigenvalue weighted by Crippen LogP contribution is 2.33. The highest BCUT2D eigenvalue weighted by Gasteiger charge is 2.13. The zero-order chi connectivity index (χ0) is 17.7. The number of methoxy groups -OCH3 is 2. The molecule has 2 aromatic rings. The normalized spacial score (nSPS) is 10.6. The monoisotopic (exact) mass is 391 g/mol. The molecule has 0 aliphatic carbocycles. The van der Waals surface area contributed by atoms with Gasteiger partial charge < -0.3 is 14.8 Å². The number of anilines is 1. The van der Waals surface area contributed by atoms with Crippen molar-refractivity contribution in [2.75, 3.05) is 19.5 Å². The lowest BCUT2D eigenvalue weighted by Crippen LogP contribution is -2.15. The van der Waals surface area contributed by atoms with E-state index in [9.17, 15) is 4.79 Å². The Morgan fingerprint density at radius 2 is 1.79 bits per heavy atom. The number of nitrogens with one attached hydrogen (secondary N) is 1. The van der Waals surface area contributed by atoms with E-state index in [1.54, 1.807) is 20.3 Å². The van der Waals surface area contributed by atoms with Gasteiger partial charge in [-0.15, -0.1) is 0 Å². The van der Waals surface area contributed by atoms with Crippen LogP contribution in [0.25, 0.3) is 0 Å². The minimum atomic E-state index is -0.0798. The number of hydrogen-bond acceptors (Lipinski definition) is 3. The smallest absolute Gasteiger partial charge is 0.228 e. The van der Waals surface area contributed by atoms with Crippen molar-refractivity contribution in [3.63, 3.8) is 0 Å². The molecular weight excluding hydrogens is 370 g/mol. The van der Waals surface area contributed by atoms with Crippen LogP contribution in [-0.2, 0) is 11.2 Å². The van der Waals surface area contributed by atoms with Gasteiger partial charge in [0.2, 0.25) is 5.91 Å². The van der Waals surface area contributed by atoms with Gasteiger partial charge in [0.05, 0.1) is 20.6 Å². The summed E-state index contributed by atoms with van der Waals surface area (Å²) < 4.78 is 11.4. The third kappa shape index (κ3) is 4.51. The van der Waals surface area contributed by atoms with Crippen LogP contribution in [0.1, 0.15) is 30.9 Å². The maximum atomic E-state index is 12.4. The van der Waals surface area contributed by atoms with Crippen molar-refractivity contribution in [3.8, 4) is 11.5 Å². The second kappa shape index (κ2) is 8.20. The maximum Gasteiger partial charge on any atom is 0.228 e. The highest BCUT2D eigenvalue weighted by molar-refractivity contribution is 9.10. The molecule has 0 bridgehead atoms. The van der Waals surface area contributed by atoms with Crippen LogP contribution < -0.4 is 14.8 Å². The fourth-order valence-electron chi connectivity index (χ4n) is 2.39. The van der Waals surface area contributed by atoms with Gasteiger partial charge in [-0.2, -0.15) is 0 Å². The Morgan fingerprint density at radius 1 is 1.12 bits per heavy atom. The van der Waals surface area contributed by atoms with E-state index in [0.29, 0.717) is 17.4 Å². The van der Waals surface area contributed by atoms with Crippen molar-refractivity contribution in [1.29, 1.82) is 0 Å². The molecule has 0 fully saturated rings. The maximum absolute atomic E-state index is 12.4. The second-order valence-corrected chi connectivity index (χ2v) is 6.66. The van der Waals surface area contributed by atoms with Crippen LogP contribution in [0.2, 0.25) is 0 Å². The van der Waals surface area contributed by atoms with E-state index in [0.717, 1.165) is 15.7 Å². The molecule has 0 radical (unpaired) electrons. The lowest BCUT2D eigenvalue weighted by molar-refractivity contribution is -0.115. The number of benzene rings is 2. The second-order valence-electron chi connectivity index (χ2n) is 5.80. The van der Waals surface area contributed by atoms with Crippen LogP contribution >= 0.6 is 15.9 Å². The highest BCUT2D eigenvalue weighted by atomic mass is 79.9. The molecule has 0 aromatic heterocycles. The number of ether oxygens (including phenoxy) is 2. The molecule has 0 aliphatic heterocycles. The Kier molecular flexibility index (Phi) is 6.26. The van der Waals surface area contributed by atoms with Crippen LogP contribution in [0, 0.1) is 0 Å². The van der Waals surface area contributed by atoms with Gasteiger partial charge in [-0.3, -0.25) is 4.79 Å². The molecule has 0 atom stereocenters. The minimum absolute atomic E-state index is 0.0798. The van der Waals surface area contributed by atoms with Crippen molar-refractivity contribution >= 4 is 27.5 Å². The Balaban J connectivity index is 2.14. The predicted molar refractivity (Wildman–Crippen MR) is 100 cm³/mol. The molecular formula is C19H22BrNO3. The number of hydrogen-bond donors (Lipinski definition) is 1. The summed E-state index contributed by atoms with van der Waals surface area (Å²) in [5, 5.41) is 2.95. The fourth-order valence-corrected chi connectivity index (χ4v) is 2.85. The van der Waals surface area contributed by atoms with Gasteiger partial charge in [-0.1, -0.05) is 41.9 Å². The Labute approximate surface area is 151 Å². The molecule has 0 aliphatic rings. The van der Waals surface area contributed by atoms with E-state index < -0.39 is 0 Å². The number of carbonyl (C=O) groups is 1. The van der Waals surface area contributed by atoms with Gasteiger partial charge in [0.1, 0.15) is 0 Å². The van der Waals surface area contributed by atoms with E-state index in [2.05, 4.69) is 41.2 Å². The molecule has 2 aromatic carbocycles. The molecule has 4 nitrogen and oxygen atoms in total. The molecule has 5 heteroatoms. The Morgan fingerprint density at radius 3 is 2.42 bits per heavy atom. The van der Waals surface area contributed by atoms with Crippen LogP contribution in [0.5, 0.6) is 11.5 Å². The topological polar surface area (TPSA) is 47.6 Å². The first-order valence-corrected chi connectivity index (χ1v) is 8.54. The third-order valence-electron chi connectivity index (χ3n) is 3.74. The summed E-state index contributed by atoms with van der Waals surface area (Å²) in [4.78, 5) is 12.4. The van der Waals surface area contributed by atoms with E-state index in [1.807, 2.05) is 24.3 Å². The third-order valence-corrected chi connectivity index (χ3v) is 4.48. The fraction of sp³-hybridized carbons (Fsp3) is 0.316. The molecule has 0 heterocycles. The number of halogens is 1. The number of rotatable bonds is 6. The van der Waals surface area contributed by atoms with Gasteiger partial charge in [0, 0.05) is 10.2 Å². The summed E-state index contributed by atoms with van der Waals surface area (Å²) in [5.74, 6) is 1.56. The van der Waals surface area contributed by atoms with Crippen LogP contribution in [0.15, 0.2) is 40.9 Å². The first kappa shape index (κ1) is 18.3. The largest absolute Gasteiger partial charge is 0.493 e. The van der Waals surface area contributed by atoms with E-state index in [-0.39, 0.29) is 12.3 Å². The van der Waals surface area contributed by atoms with Crippen molar-refractivity contribution in [2.45, 2.75) is 26.2 Å². The first-order chi connectivity index (χ1) is 11.4. The summed E-state index contributed by atoms with van der Waals surface area (Å²) in [6.45, 7) is 4.25. The first-order valence-electron chi connectivity index (χ1n) is 7.74. The van der Waals surface area contributed by atoms with Crippen LogP contribution in [-0.4, -0.2) is 20.1 Å². The minimum Gasteiger partial charge on any atom is -0.493 e. The van der Waals surface area contributed by atoms with Gasteiger partial charge in [0.15, 0.2) is 11.5 Å². The van der Waals surface area contributed by atoms with Crippen molar-refractivity contribution < 1.29 is 14.3 Å². The van der Waals surface area contributed by atoms with Crippen molar-refractivity contribution in [2.24, 2.45) is 0 Å². The zero-order valence-electron chi connectivity index (χ0n) is 14.4. The molecule has 24 heavy (non-hydrogen) atoms. The number of carbonyl (C=O) groups excluding carboxylic acids is 1. The average molecular weight is 392 g/mol. The molecule has 1 N–H and O–H groups in total. The van der Waals surface area contributed by atoms with E-state index >= 15 is 0 Å². The number of amides is 1. The molecule has 0 saturated heterocycles. The van der Waals surface area contributed by atoms with Crippen LogP contribution in [0.4, 0.5) is 5.69 Å². The average Bonchev–Trinajstić information content (AvgIpc) is 2.56. The quantitative estimate of drug-likeness (QED) is 0.770. The van der Waals surface area contributed by atoms with Crippen molar-refractivity contribution in [1.82, 2.24) is 0 Å². The summed E-state index contributed by atoms with van der Waals surface area (Å²) in [5.41, 5.74) is 2.84.